The third kappa shape index (κ3) is 2.23. The normalized spacial score (nSPS) is 13.2. The first-order valence-electron chi connectivity index (χ1n) is 3.78. The molecule has 1 rings (SSSR count). The van der Waals surface area contributed by atoms with Crippen molar-refractivity contribution in [3.63, 3.8) is 0 Å². The summed E-state index contributed by atoms with van der Waals surface area (Å²) in [7, 11) is 0. The molecule has 2 nitrogen and oxygen atoms in total. The third-order valence-corrected chi connectivity index (χ3v) is 2.50. The van der Waals surface area contributed by atoms with E-state index in [1.54, 1.807) is 4.98 Å². The van der Waals surface area contributed by atoms with Crippen molar-refractivity contribution in [2.75, 3.05) is 12.0 Å². The molecule has 3 N–H and O–H groups in total. The largest absolute Gasteiger partial charge is 0.431 e. The fourth-order valence-electron chi connectivity index (χ4n) is 1.16. The maximum absolute atomic E-state index is 12.4. The molecule has 0 radical (unpaired) electrons. The van der Waals surface area contributed by atoms with Crippen LogP contribution in [0.4, 0.5) is 32.0 Å². The molecule has 0 amide bonds. The Labute approximate surface area is 90.2 Å². The standard InChI is InChI=1S/C7H6F6N2S/c1-16-5-3(14)2(6(8,9)10)4(15-5)7(11,12)13/h15H,14H2,1H3. The number of nitrogens with two attached hydrogens (primary N) is 1. The molecule has 0 aliphatic rings. The monoisotopic (exact) mass is 264 g/mol. The summed E-state index contributed by atoms with van der Waals surface area (Å²) in [6.07, 6.45) is -8.94. The van der Waals surface area contributed by atoms with Crippen molar-refractivity contribution in [1.29, 1.82) is 0 Å². The Bertz CT molecular complexity index is 391. The minimum Gasteiger partial charge on any atom is -0.396 e. The van der Waals surface area contributed by atoms with E-state index >= 15 is 0 Å². The average molecular weight is 264 g/mol. The van der Waals surface area contributed by atoms with E-state index in [2.05, 4.69) is 0 Å². The van der Waals surface area contributed by atoms with Crippen molar-refractivity contribution < 1.29 is 26.3 Å². The first-order valence-corrected chi connectivity index (χ1v) is 5.01. The number of aromatic amines is 1. The van der Waals surface area contributed by atoms with Crippen LogP contribution in [0.3, 0.4) is 0 Å². The summed E-state index contributed by atoms with van der Waals surface area (Å²) < 4.78 is 74.1. The number of anilines is 1. The summed E-state index contributed by atoms with van der Waals surface area (Å²) in [5.41, 5.74) is 0.385. The highest BCUT2D eigenvalue weighted by Gasteiger charge is 2.47. The summed E-state index contributed by atoms with van der Waals surface area (Å²) >= 11 is 0.682. The Morgan fingerprint density at radius 2 is 1.56 bits per heavy atom. The summed E-state index contributed by atoms with van der Waals surface area (Å²) in [4.78, 5) is 1.64. The topological polar surface area (TPSA) is 41.8 Å². The highest BCUT2D eigenvalue weighted by molar-refractivity contribution is 7.98. The lowest BCUT2D eigenvalue weighted by molar-refractivity contribution is -0.163. The van der Waals surface area contributed by atoms with Gasteiger partial charge in [-0.05, 0) is 6.26 Å². The maximum atomic E-state index is 12.4. The van der Waals surface area contributed by atoms with Gasteiger partial charge < -0.3 is 10.7 Å². The van der Waals surface area contributed by atoms with Crippen molar-refractivity contribution >= 4 is 17.4 Å². The number of nitrogens with one attached hydrogen (secondary N) is 1. The van der Waals surface area contributed by atoms with Gasteiger partial charge in [-0.15, -0.1) is 11.8 Å². The van der Waals surface area contributed by atoms with Crippen LogP contribution in [-0.2, 0) is 12.4 Å². The number of hydrogen-bond acceptors (Lipinski definition) is 2. The zero-order valence-electron chi connectivity index (χ0n) is 7.75. The van der Waals surface area contributed by atoms with E-state index in [9.17, 15) is 26.3 Å². The number of nitrogen functional groups attached to an aromatic ring is 1. The van der Waals surface area contributed by atoms with Crippen LogP contribution in [0, 0.1) is 0 Å². The predicted octanol–water partition coefficient (Wildman–Crippen LogP) is 3.36. The Morgan fingerprint density at radius 3 is 1.81 bits per heavy atom. The first kappa shape index (κ1) is 13.1. The fraction of sp³-hybridized carbons (Fsp3) is 0.429. The van der Waals surface area contributed by atoms with E-state index in [0.717, 1.165) is 0 Å². The van der Waals surface area contributed by atoms with Crippen LogP contribution in [0.15, 0.2) is 5.03 Å². The molecule has 0 fully saturated rings. The highest BCUT2D eigenvalue weighted by atomic mass is 32.2. The molecule has 0 saturated heterocycles. The summed E-state index contributed by atoms with van der Waals surface area (Å²) in [6.45, 7) is 0. The van der Waals surface area contributed by atoms with Gasteiger partial charge in [0.15, 0.2) is 0 Å². The van der Waals surface area contributed by atoms with Crippen molar-refractivity contribution in [3.05, 3.63) is 11.3 Å². The molecular formula is C7H6F6N2S. The molecule has 0 aromatic carbocycles. The van der Waals surface area contributed by atoms with Gasteiger partial charge in [0.1, 0.15) is 11.3 Å². The van der Waals surface area contributed by atoms with Crippen LogP contribution in [-0.4, -0.2) is 11.2 Å². The van der Waals surface area contributed by atoms with Gasteiger partial charge in [0, 0.05) is 0 Å². The maximum Gasteiger partial charge on any atom is 0.431 e. The van der Waals surface area contributed by atoms with Crippen LogP contribution in [0.25, 0.3) is 0 Å². The quantitative estimate of drug-likeness (QED) is 0.603. The molecule has 0 spiro atoms. The van der Waals surface area contributed by atoms with Crippen LogP contribution in [0.2, 0.25) is 0 Å². The first-order chi connectivity index (χ1) is 7.09. The molecule has 0 bridgehead atoms. The average Bonchev–Trinajstić information content (AvgIpc) is 2.40. The van der Waals surface area contributed by atoms with E-state index < -0.39 is 29.3 Å². The van der Waals surface area contributed by atoms with Crippen LogP contribution in [0.5, 0.6) is 0 Å². The molecule has 0 saturated carbocycles. The van der Waals surface area contributed by atoms with Gasteiger partial charge >= 0.3 is 12.4 Å². The van der Waals surface area contributed by atoms with Gasteiger partial charge in [-0.1, -0.05) is 0 Å². The van der Waals surface area contributed by atoms with Crippen molar-refractivity contribution in [3.8, 4) is 0 Å². The lowest BCUT2D eigenvalue weighted by Crippen LogP contribution is -2.16. The van der Waals surface area contributed by atoms with Gasteiger partial charge in [-0.25, -0.2) is 0 Å². The second-order valence-electron chi connectivity index (χ2n) is 2.82. The van der Waals surface area contributed by atoms with Crippen LogP contribution >= 0.6 is 11.8 Å². The summed E-state index contributed by atoms with van der Waals surface area (Å²) in [5, 5.41) is -0.348. The number of halogens is 6. The smallest absolute Gasteiger partial charge is 0.396 e. The number of H-pyrrole nitrogens is 1. The Morgan fingerprint density at radius 1 is 1.06 bits per heavy atom. The SMILES string of the molecule is CSc1[nH]c(C(F)(F)F)c(C(F)(F)F)c1N. The van der Waals surface area contributed by atoms with Gasteiger partial charge in [0.05, 0.1) is 10.7 Å². The van der Waals surface area contributed by atoms with Crippen LogP contribution in [0.1, 0.15) is 11.3 Å². The van der Waals surface area contributed by atoms with E-state index in [1.807, 2.05) is 0 Å². The zero-order valence-corrected chi connectivity index (χ0v) is 8.57. The van der Waals surface area contributed by atoms with Crippen molar-refractivity contribution in [2.24, 2.45) is 0 Å². The minimum atomic E-state index is -5.14. The van der Waals surface area contributed by atoms with Crippen LogP contribution < -0.4 is 5.73 Å². The highest BCUT2D eigenvalue weighted by Crippen LogP contribution is 2.45. The van der Waals surface area contributed by atoms with Gasteiger partial charge in [-0.3, -0.25) is 0 Å². The number of aromatic nitrogens is 1. The Balaban J connectivity index is 3.50. The second kappa shape index (κ2) is 3.79. The molecular weight excluding hydrogens is 258 g/mol. The lowest BCUT2D eigenvalue weighted by atomic mass is 10.2. The molecule has 0 unspecified atom stereocenters. The molecule has 1 aromatic heterocycles. The van der Waals surface area contributed by atoms with E-state index in [-0.39, 0.29) is 5.03 Å². The molecule has 0 aliphatic carbocycles. The number of rotatable bonds is 1. The second-order valence-corrected chi connectivity index (χ2v) is 3.63. The Kier molecular flexibility index (Phi) is 3.10. The molecule has 16 heavy (non-hydrogen) atoms. The molecule has 92 valence electrons. The fourth-order valence-corrected chi connectivity index (χ4v) is 1.69. The number of alkyl halides is 6. The van der Waals surface area contributed by atoms with E-state index in [4.69, 9.17) is 5.73 Å². The van der Waals surface area contributed by atoms with Gasteiger partial charge in [0.2, 0.25) is 0 Å². The molecule has 1 heterocycles. The van der Waals surface area contributed by atoms with Crippen molar-refractivity contribution in [1.82, 2.24) is 4.98 Å². The Hall–Kier alpha value is -0.990. The van der Waals surface area contributed by atoms with E-state index in [0.29, 0.717) is 11.8 Å². The minimum absolute atomic E-state index is 0.348. The van der Waals surface area contributed by atoms with Crippen molar-refractivity contribution in [2.45, 2.75) is 17.4 Å². The number of thioether (sulfide) groups is 1. The third-order valence-electron chi connectivity index (χ3n) is 1.77. The molecule has 9 heteroatoms. The molecule has 1 aromatic rings. The predicted molar refractivity (Wildman–Crippen MR) is 47.0 cm³/mol. The van der Waals surface area contributed by atoms with Gasteiger partial charge in [-0.2, -0.15) is 26.3 Å². The molecule has 0 aliphatic heterocycles. The van der Waals surface area contributed by atoms with E-state index in [1.165, 1.54) is 6.26 Å². The number of hydrogen-bond donors (Lipinski definition) is 2. The molecule has 0 atom stereocenters. The summed E-state index contributed by atoms with van der Waals surface area (Å²) in [6, 6.07) is 0. The van der Waals surface area contributed by atoms with Gasteiger partial charge in [0.25, 0.3) is 0 Å². The zero-order chi connectivity index (χ0) is 12.7. The summed E-state index contributed by atoms with van der Waals surface area (Å²) in [5.74, 6) is 0. The lowest BCUT2D eigenvalue weighted by Gasteiger charge is -2.11.